The van der Waals surface area contributed by atoms with Crippen LogP contribution in [0.1, 0.15) is 46.0 Å². The summed E-state index contributed by atoms with van der Waals surface area (Å²) in [5, 5.41) is 2.98. The number of nitrogens with two attached hydrogens (primary N) is 1. The van der Waals surface area contributed by atoms with Crippen LogP contribution in [0, 0.1) is 11.3 Å². The van der Waals surface area contributed by atoms with Gasteiger partial charge in [0.2, 0.25) is 5.91 Å². The first kappa shape index (κ1) is 13.4. The number of carbonyl (C=O) groups excluding carboxylic acids is 1. The number of hydrogen-bond acceptors (Lipinski definition) is 2. The second-order valence-corrected chi connectivity index (χ2v) is 5.60. The predicted molar refractivity (Wildman–Crippen MR) is 70.2 cm³/mol. The quantitative estimate of drug-likeness (QED) is 0.700. The van der Waals surface area contributed by atoms with Crippen molar-refractivity contribution in [2.75, 3.05) is 6.54 Å². The first-order valence-electron chi connectivity index (χ1n) is 6.05. The van der Waals surface area contributed by atoms with Gasteiger partial charge in [0.15, 0.2) is 0 Å². The van der Waals surface area contributed by atoms with Crippen LogP contribution in [0.15, 0.2) is 0 Å². The van der Waals surface area contributed by atoms with Crippen molar-refractivity contribution in [3.8, 4) is 0 Å². The van der Waals surface area contributed by atoms with Gasteiger partial charge in [0, 0.05) is 6.54 Å². The Labute approximate surface area is 103 Å². The summed E-state index contributed by atoms with van der Waals surface area (Å²) in [6, 6.07) is 0. The standard InChI is InChI=1S/C12H22N2OS/c1-3-5-9(10(13)16)11(15)14-8-12(2)6-4-7-12/h9H,3-8H2,1-2H3,(H2,13,16)(H,14,15). The highest BCUT2D eigenvalue weighted by Crippen LogP contribution is 2.39. The molecule has 0 radical (unpaired) electrons. The van der Waals surface area contributed by atoms with Crippen LogP contribution in [0.3, 0.4) is 0 Å². The van der Waals surface area contributed by atoms with E-state index in [0.717, 1.165) is 19.4 Å². The molecule has 1 amide bonds. The van der Waals surface area contributed by atoms with Crippen molar-refractivity contribution >= 4 is 23.1 Å². The van der Waals surface area contributed by atoms with Gasteiger partial charge < -0.3 is 11.1 Å². The van der Waals surface area contributed by atoms with Crippen molar-refractivity contribution in [1.82, 2.24) is 5.32 Å². The second-order valence-electron chi connectivity index (χ2n) is 5.13. The van der Waals surface area contributed by atoms with Crippen LogP contribution in [0.4, 0.5) is 0 Å². The number of hydrogen-bond donors (Lipinski definition) is 2. The van der Waals surface area contributed by atoms with Crippen LogP contribution < -0.4 is 11.1 Å². The average Bonchev–Trinajstić information content (AvgIpc) is 2.19. The number of nitrogens with one attached hydrogen (secondary N) is 1. The first-order valence-corrected chi connectivity index (χ1v) is 6.46. The minimum Gasteiger partial charge on any atom is -0.393 e. The smallest absolute Gasteiger partial charge is 0.229 e. The van der Waals surface area contributed by atoms with E-state index in [1.165, 1.54) is 19.3 Å². The SMILES string of the molecule is CCCC(C(=O)NCC1(C)CCC1)C(N)=S. The molecule has 92 valence electrons. The maximum Gasteiger partial charge on any atom is 0.229 e. The van der Waals surface area contributed by atoms with Crippen LogP contribution in [0.25, 0.3) is 0 Å². The van der Waals surface area contributed by atoms with Crippen LogP contribution in [-0.4, -0.2) is 17.4 Å². The molecule has 16 heavy (non-hydrogen) atoms. The van der Waals surface area contributed by atoms with Crippen molar-refractivity contribution in [3.63, 3.8) is 0 Å². The molecule has 3 nitrogen and oxygen atoms in total. The van der Waals surface area contributed by atoms with Crippen LogP contribution in [0.2, 0.25) is 0 Å². The summed E-state index contributed by atoms with van der Waals surface area (Å²) in [4.78, 5) is 12.2. The normalized spacial score (nSPS) is 19.6. The third kappa shape index (κ3) is 3.44. The fourth-order valence-corrected chi connectivity index (χ4v) is 2.30. The molecule has 1 fully saturated rings. The molecule has 0 aromatic rings. The Hall–Kier alpha value is -0.640. The van der Waals surface area contributed by atoms with E-state index in [9.17, 15) is 4.79 Å². The zero-order valence-corrected chi connectivity index (χ0v) is 11.0. The number of amides is 1. The Bertz CT molecular complexity index is 274. The van der Waals surface area contributed by atoms with Gasteiger partial charge in [-0.15, -0.1) is 0 Å². The van der Waals surface area contributed by atoms with Gasteiger partial charge in [-0.25, -0.2) is 0 Å². The van der Waals surface area contributed by atoms with E-state index in [-0.39, 0.29) is 11.8 Å². The summed E-state index contributed by atoms with van der Waals surface area (Å²) in [6.45, 7) is 5.01. The van der Waals surface area contributed by atoms with Gasteiger partial charge in [0.25, 0.3) is 0 Å². The third-order valence-electron chi connectivity index (χ3n) is 3.49. The van der Waals surface area contributed by atoms with Gasteiger partial charge in [0.05, 0.1) is 10.9 Å². The van der Waals surface area contributed by atoms with Crippen molar-refractivity contribution in [3.05, 3.63) is 0 Å². The van der Waals surface area contributed by atoms with Gasteiger partial charge in [-0.2, -0.15) is 0 Å². The van der Waals surface area contributed by atoms with Crippen LogP contribution in [-0.2, 0) is 4.79 Å². The Morgan fingerprint density at radius 2 is 2.19 bits per heavy atom. The highest BCUT2D eigenvalue weighted by atomic mass is 32.1. The molecule has 1 aliphatic carbocycles. The zero-order valence-electron chi connectivity index (χ0n) is 10.2. The topological polar surface area (TPSA) is 55.1 Å². The van der Waals surface area contributed by atoms with Gasteiger partial charge in [-0.3, -0.25) is 4.79 Å². The predicted octanol–water partition coefficient (Wildman–Crippen LogP) is 2.00. The van der Waals surface area contributed by atoms with Gasteiger partial charge >= 0.3 is 0 Å². The molecular weight excluding hydrogens is 220 g/mol. The van der Waals surface area contributed by atoms with Crippen LogP contribution in [0.5, 0.6) is 0 Å². The molecule has 1 aliphatic rings. The number of thiocarbonyl (C=S) groups is 1. The molecule has 0 aromatic heterocycles. The Morgan fingerprint density at radius 1 is 1.56 bits per heavy atom. The lowest BCUT2D eigenvalue weighted by molar-refractivity contribution is -0.124. The van der Waals surface area contributed by atoms with E-state index in [4.69, 9.17) is 18.0 Å². The summed E-state index contributed by atoms with van der Waals surface area (Å²) < 4.78 is 0. The molecule has 0 bridgehead atoms. The largest absolute Gasteiger partial charge is 0.393 e. The summed E-state index contributed by atoms with van der Waals surface area (Å²) in [6.07, 6.45) is 5.36. The summed E-state index contributed by atoms with van der Waals surface area (Å²) in [7, 11) is 0. The van der Waals surface area contributed by atoms with Crippen molar-refractivity contribution < 1.29 is 4.79 Å². The molecule has 0 spiro atoms. The molecule has 0 aliphatic heterocycles. The molecule has 4 heteroatoms. The van der Waals surface area contributed by atoms with Crippen LogP contribution >= 0.6 is 12.2 Å². The Kier molecular flexibility index (Phi) is 4.71. The lowest BCUT2D eigenvalue weighted by Crippen LogP contribution is -2.44. The van der Waals surface area contributed by atoms with Gasteiger partial charge in [-0.1, -0.05) is 38.9 Å². The molecule has 1 saturated carbocycles. The van der Waals surface area contributed by atoms with Gasteiger partial charge in [-0.05, 0) is 24.7 Å². The second kappa shape index (κ2) is 5.62. The molecule has 0 heterocycles. The minimum atomic E-state index is -0.288. The zero-order chi connectivity index (χ0) is 12.2. The van der Waals surface area contributed by atoms with Crippen molar-refractivity contribution in [2.24, 2.45) is 17.1 Å². The van der Waals surface area contributed by atoms with Crippen molar-refractivity contribution in [2.45, 2.75) is 46.0 Å². The average molecular weight is 242 g/mol. The molecular formula is C12H22N2OS. The van der Waals surface area contributed by atoms with E-state index >= 15 is 0 Å². The summed E-state index contributed by atoms with van der Waals surface area (Å²) in [5.74, 6) is -0.286. The fraction of sp³-hybridized carbons (Fsp3) is 0.833. The highest BCUT2D eigenvalue weighted by molar-refractivity contribution is 7.80. The number of rotatable bonds is 6. The third-order valence-corrected chi connectivity index (χ3v) is 3.77. The Balaban J connectivity index is 2.39. The van der Waals surface area contributed by atoms with E-state index < -0.39 is 0 Å². The van der Waals surface area contributed by atoms with E-state index in [1.807, 2.05) is 6.92 Å². The lowest BCUT2D eigenvalue weighted by Gasteiger charge is -2.38. The molecule has 1 unspecified atom stereocenters. The maximum atomic E-state index is 11.9. The minimum absolute atomic E-state index is 0.00229. The Morgan fingerprint density at radius 3 is 2.56 bits per heavy atom. The first-order chi connectivity index (χ1) is 7.48. The number of carbonyl (C=O) groups is 1. The lowest BCUT2D eigenvalue weighted by atomic mass is 9.70. The van der Waals surface area contributed by atoms with E-state index in [2.05, 4.69) is 12.2 Å². The molecule has 3 N–H and O–H groups in total. The molecule has 0 saturated heterocycles. The van der Waals surface area contributed by atoms with Crippen molar-refractivity contribution in [1.29, 1.82) is 0 Å². The fourth-order valence-electron chi connectivity index (χ4n) is 2.07. The molecule has 0 aromatic carbocycles. The summed E-state index contributed by atoms with van der Waals surface area (Å²) in [5.41, 5.74) is 5.89. The molecule has 1 atom stereocenters. The highest BCUT2D eigenvalue weighted by Gasteiger charge is 2.32. The van der Waals surface area contributed by atoms with E-state index in [1.54, 1.807) is 0 Å². The molecule has 1 rings (SSSR count). The van der Waals surface area contributed by atoms with E-state index in [0.29, 0.717) is 10.4 Å². The van der Waals surface area contributed by atoms with Gasteiger partial charge in [0.1, 0.15) is 0 Å². The summed E-state index contributed by atoms with van der Waals surface area (Å²) >= 11 is 4.93. The maximum absolute atomic E-state index is 11.9. The monoisotopic (exact) mass is 242 g/mol.